The lowest BCUT2D eigenvalue weighted by Gasteiger charge is -2.34. The minimum atomic E-state index is -0.386. The Balaban J connectivity index is 1.19. The molecule has 0 saturated carbocycles. The van der Waals surface area contributed by atoms with E-state index >= 15 is 0 Å². The molecular weight excluding hydrogens is 456 g/mol. The van der Waals surface area contributed by atoms with Crippen molar-refractivity contribution in [2.24, 2.45) is 0 Å². The monoisotopic (exact) mass is 482 g/mol. The number of para-hydroxylation sites is 1. The van der Waals surface area contributed by atoms with Crippen LogP contribution in [0.4, 0.5) is 5.69 Å². The molecular formula is C28H26N4O4. The van der Waals surface area contributed by atoms with E-state index in [0.717, 1.165) is 11.3 Å². The fourth-order valence-electron chi connectivity index (χ4n) is 4.55. The Morgan fingerprint density at radius 3 is 2.08 bits per heavy atom. The third kappa shape index (κ3) is 4.89. The zero-order valence-electron chi connectivity index (χ0n) is 19.7. The summed E-state index contributed by atoms with van der Waals surface area (Å²) in [4.78, 5) is 56.2. The molecule has 1 saturated heterocycles. The Kier molecular flexibility index (Phi) is 6.60. The van der Waals surface area contributed by atoms with Crippen molar-refractivity contribution in [1.82, 2.24) is 14.7 Å². The largest absolute Gasteiger partial charge is 0.336 e. The number of nitrogens with zero attached hydrogens (tertiary/aromatic N) is 3. The van der Waals surface area contributed by atoms with Gasteiger partial charge in [0.1, 0.15) is 0 Å². The van der Waals surface area contributed by atoms with E-state index in [-0.39, 0.29) is 42.3 Å². The van der Waals surface area contributed by atoms with Crippen molar-refractivity contribution in [1.29, 1.82) is 0 Å². The fourth-order valence-corrected chi connectivity index (χ4v) is 4.55. The highest BCUT2D eigenvalue weighted by atomic mass is 16.2. The highest BCUT2D eigenvalue weighted by molar-refractivity contribution is 6.22. The second kappa shape index (κ2) is 10.1. The van der Waals surface area contributed by atoms with Crippen molar-refractivity contribution in [2.45, 2.75) is 6.54 Å². The number of anilines is 1. The molecule has 2 aliphatic heterocycles. The predicted octanol–water partition coefficient (Wildman–Crippen LogP) is 2.88. The molecule has 0 atom stereocenters. The average Bonchev–Trinajstić information content (AvgIpc) is 3.14. The molecule has 0 unspecified atom stereocenters. The normalized spacial score (nSPS) is 15.7. The van der Waals surface area contributed by atoms with Crippen molar-refractivity contribution < 1.29 is 19.2 Å². The predicted molar refractivity (Wildman–Crippen MR) is 135 cm³/mol. The quantitative estimate of drug-likeness (QED) is 0.546. The maximum Gasteiger partial charge on any atom is 0.261 e. The number of hydrogen-bond donors (Lipinski definition) is 1. The molecule has 3 aromatic carbocycles. The van der Waals surface area contributed by atoms with Gasteiger partial charge in [0, 0.05) is 37.4 Å². The summed E-state index contributed by atoms with van der Waals surface area (Å²) in [6.45, 7) is 2.53. The Morgan fingerprint density at radius 2 is 1.39 bits per heavy atom. The van der Waals surface area contributed by atoms with Gasteiger partial charge in [-0.25, -0.2) is 0 Å². The van der Waals surface area contributed by atoms with Gasteiger partial charge < -0.3 is 10.2 Å². The number of imide groups is 1. The van der Waals surface area contributed by atoms with E-state index in [1.54, 1.807) is 17.0 Å². The van der Waals surface area contributed by atoms with Crippen LogP contribution in [0.1, 0.15) is 36.6 Å². The number of fused-ring (bicyclic) bond motifs is 1. The van der Waals surface area contributed by atoms with E-state index in [4.69, 9.17) is 0 Å². The standard InChI is InChI=1S/C28H26N4O4/c33-25(29-22-9-5-2-6-10-22)19-30-13-15-31(16-14-30)26(34)21-11-12-23-24(17-21)28(36)32(27(23)35)18-20-7-3-1-4-8-20/h1-12,17H,13-16,18-19H2,(H,29,33). The van der Waals surface area contributed by atoms with Crippen LogP contribution in [0.5, 0.6) is 0 Å². The van der Waals surface area contributed by atoms with Crippen LogP contribution in [-0.4, -0.2) is 71.1 Å². The Hall–Kier alpha value is -4.30. The van der Waals surface area contributed by atoms with Gasteiger partial charge in [-0.3, -0.25) is 29.0 Å². The summed E-state index contributed by atoms with van der Waals surface area (Å²) in [6.07, 6.45) is 0. The summed E-state index contributed by atoms with van der Waals surface area (Å²) >= 11 is 0. The van der Waals surface area contributed by atoms with Gasteiger partial charge in [0.05, 0.1) is 24.2 Å². The molecule has 1 fully saturated rings. The van der Waals surface area contributed by atoms with Gasteiger partial charge in [-0.2, -0.15) is 0 Å². The first-order chi connectivity index (χ1) is 17.5. The van der Waals surface area contributed by atoms with Gasteiger partial charge in [-0.05, 0) is 35.9 Å². The van der Waals surface area contributed by atoms with Crippen LogP contribution >= 0.6 is 0 Å². The number of amides is 4. The zero-order chi connectivity index (χ0) is 25.1. The zero-order valence-corrected chi connectivity index (χ0v) is 19.7. The number of piperazine rings is 1. The van der Waals surface area contributed by atoms with Gasteiger partial charge in [0.15, 0.2) is 0 Å². The highest BCUT2D eigenvalue weighted by Crippen LogP contribution is 2.26. The van der Waals surface area contributed by atoms with Gasteiger partial charge in [-0.1, -0.05) is 48.5 Å². The molecule has 0 aliphatic carbocycles. The molecule has 182 valence electrons. The van der Waals surface area contributed by atoms with Crippen LogP contribution in [0.2, 0.25) is 0 Å². The Bertz CT molecular complexity index is 1300. The van der Waals surface area contributed by atoms with Crippen LogP contribution in [0.25, 0.3) is 0 Å². The van der Waals surface area contributed by atoms with E-state index < -0.39 is 0 Å². The van der Waals surface area contributed by atoms with Crippen LogP contribution in [0.15, 0.2) is 78.9 Å². The second-order valence-electron chi connectivity index (χ2n) is 8.92. The molecule has 4 amide bonds. The highest BCUT2D eigenvalue weighted by Gasteiger charge is 2.36. The number of carbonyl (C=O) groups excluding carboxylic acids is 4. The smallest absolute Gasteiger partial charge is 0.261 e. The fraction of sp³-hybridized carbons (Fsp3) is 0.214. The molecule has 0 spiro atoms. The van der Waals surface area contributed by atoms with Crippen molar-refractivity contribution in [3.63, 3.8) is 0 Å². The van der Waals surface area contributed by atoms with Crippen LogP contribution in [0, 0.1) is 0 Å². The second-order valence-corrected chi connectivity index (χ2v) is 8.92. The van der Waals surface area contributed by atoms with Gasteiger partial charge in [-0.15, -0.1) is 0 Å². The lowest BCUT2D eigenvalue weighted by molar-refractivity contribution is -0.117. The van der Waals surface area contributed by atoms with Crippen LogP contribution in [-0.2, 0) is 11.3 Å². The van der Waals surface area contributed by atoms with Crippen LogP contribution < -0.4 is 5.32 Å². The van der Waals surface area contributed by atoms with E-state index in [1.165, 1.54) is 11.0 Å². The maximum atomic E-state index is 13.1. The lowest BCUT2D eigenvalue weighted by atomic mass is 10.0. The summed E-state index contributed by atoms with van der Waals surface area (Å²) in [6, 6.07) is 23.3. The molecule has 3 aromatic rings. The number of benzene rings is 3. The van der Waals surface area contributed by atoms with Gasteiger partial charge >= 0.3 is 0 Å². The number of nitrogens with one attached hydrogen (secondary N) is 1. The molecule has 36 heavy (non-hydrogen) atoms. The first-order valence-corrected chi connectivity index (χ1v) is 11.9. The average molecular weight is 483 g/mol. The molecule has 5 rings (SSSR count). The van der Waals surface area contributed by atoms with E-state index in [9.17, 15) is 19.2 Å². The molecule has 0 bridgehead atoms. The third-order valence-corrected chi connectivity index (χ3v) is 6.49. The summed E-state index contributed by atoms with van der Waals surface area (Å²) < 4.78 is 0. The minimum Gasteiger partial charge on any atom is -0.336 e. The van der Waals surface area contributed by atoms with Gasteiger partial charge in [0.25, 0.3) is 17.7 Å². The molecule has 0 aromatic heterocycles. The Labute approximate surface area is 209 Å². The van der Waals surface area contributed by atoms with Crippen molar-refractivity contribution in [2.75, 3.05) is 38.0 Å². The van der Waals surface area contributed by atoms with Crippen molar-refractivity contribution in [3.05, 3.63) is 101 Å². The number of carbonyl (C=O) groups is 4. The summed E-state index contributed by atoms with van der Waals surface area (Å²) in [5.41, 5.74) is 2.58. The van der Waals surface area contributed by atoms with E-state index in [2.05, 4.69) is 5.32 Å². The van der Waals surface area contributed by atoms with E-state index in [1.807, 2.05) is 65.6 Å². The molecule has 2 aliphatic rings. The minimum absolute atomic E-state index is 0.0946. The molecule has 2 heterocycles. The van der Waals surface area contributed by atoms with E-state index in [0.29, 0.717) is 37.3 Å². The number of rotatable bonds is 6. The molecule has 8 heteroatoms. The first-order valence-electron chi connectivity index (χ1n) is 11.9. The Morgan fingerprint density at radius 1 is 0.750 bits per heavy atom. The van der Waals surface area contributed by atoms with Crippen molar-refractivity contribution >= 4 is 29.3 Å². The topological polar surface area (TPSA) is 90.0 Å². The van der Waals surface area contributed by atoms with Crippen molar-refractivity contribution in [3.8, 4) is 0 Å². The third-order valence-electron chi connectivity index (χ3n) is 6.49. The summed E-state index contributed by atoms with van der Waals surface area (Å²) in [5.74, 6) is -1.02. The maximum absolute atomic E-state index is 13.1. The number of hydrogen-bond acceptors (Lipinski definition) is 5. The lowest BCUT2D eigenvalue weighted by Crippen LogP contribution is -2.50. The molecule has 1 N–H and O–H groups in total. The summed E-state index contributed by atoms with van der Waals surface area (Å²) in [7, 11) is 0. The van der Waals surface area contributed by atoms with Crippen LogP contribution in [0.3, 0.4) is 0 Å². The molecule has 8 nitrogen and oxygen atoms in total. The first kappa shape index (κ1) is 23.4. The van der Waals surface area contributed by atoms with Gasteiger partial charge in [0.2, 0.25) is 5.91 Å². The summed E-state index contributed by atoms with van der Waals surface area (Å²) in [5, 5.41) is 2.87. The molecule has 0 radical (unpaired) electrons. The SMILES string of the molecule is O=C(CN1CCN(C(=O)c2ccc3c(c2)C(=O)N(Cc2ccccc2)C3=O)CC1)Nc1ccccc1.